The van der Waals surface area contributed by atoms with Gasteiger partial charge >= 0.3 is 0 Å². The van der Waals surface area contributed by atoms with E-state index in [1.807, 2.05) is 42.2 Å². The number of hydrogen-bond donors (Lipinski definition) is 1. The molecule has 134 valence electrons. The molecule has 2 heterocycles. The molecule has 1 saturated carbocycles. The molecule has 1 aromatic carbocycles. The van der Waals surface area contributed by atoms with Crippen LogP contribution in [0.4, 0.5) is 0 Å². The zero-order valence-electron chi connectivity index (χ0n) is 14.4. The lowest BCUT2D eigenvalue weighted by atomic mass is 9.78. The number of hydrogen-bond acceptors (Lipinski definition) is 4. The summed E-state index contributed by atoms with van der Waals surface area (Å²) in [6.45, 7) is 3.03. The lowest BCUT2D eigenvalue weighted by Crippen LogP contribution is -2.42. The van der Waals surface area contributed by atoms with Gasteiger partial charge in [-0.3, -0.25) is 9.58 Å². The number of aliphatic hydroxyl groups excluding tert-OH is 1. The van der Waals surface area contributed by atoms with Gasteiger partial charge in [-0.2, -0.15) is 5.10 Å². The van der Waals surface area contributed by atoms with E-state index in [0.717, 1.165) is 38.2 Å². The van der Waals surface area contributed by atoms with Gasteiger partial charge in [-0.05, 0) is 42.9 Å². The number of ether oxygens (including phenoxy) is 1. The molecular formula is C19H24ClN3O2. The van der Waals surface area contributed by atoms with Crippen molar-refractivity contribution in [1.29, 1.82) is 0 Å². The zero-order valence-corrected chi connectivity index (χ0v) is 15.1. The molecule has 0 unspecified atom stereocenters. The summed E-state index contributed by atoms with van der Waals surface area (Å²) in [6.07, 6.45) is 5.13. The number of aliphatic hydroxyl groups is 1. The van der Waals surface area contributed by atoms with E-state index in [2.05, 4.69) is 16.2 Å². The fourth-order valence-electron chi connectivity index (χ4n) is 4.27. The zero-order chi connectivity index (χ0) is 17.4. The van der Waals surface area contributed by atoms with Crippen LogP contribution in [0.15, 0.2) is 36.7 Å². The molecule has 2 aliphatic rings. The Morgan fingerprint density at radius 3 is 2.80 bits per heavy atom. The average Bonchev–Trinajstić information content (AvgIpc) is 3.13. The lowest BCUT2D eigenvalue weighted by molar-refractivity contribution is -0.0231. The molecule has 4 rings (SSSR count). The SMILES string of the molecule is Cn1cc(CN2C[C@H]3C[C@@H](Oc4cccc(Cl)c4)[C@H](O)C[C@H]3C2)cn1. The summed E-state index contributed by atoms with van der Waals surface area (Å²) in [6, 6.07) is 7.41. The highest BCUT2D eigenvalue weighted by Crippen LogP contribution is 2.38. The van der Waals surface area contributed by atoms with Crippen LogP contribution >= 0.6 is 11.6 Å². The quantitative estimate of drug-likeness (QED) is 0.909. The minimum absolute atomic E-state index is 0.155. The van der Waals surface area contributed by atoms with E-state index < -0.39 is 6.10 Å². The normalized spacial score (nSPS) is 29.6. The third kappa shape index (κ3) is 3.84. The van der Waals surface area contributed by atoms with Gasteiger partial charge in [-0.1, -0.05) is 17.7 Å². The Balaban J connectivity index is 1.38. The molecule has 5 nitrogen and oxygen atoms in total. The van der Waals surface area contributed by atoms with Crippen molar-refractivity contribution in [2.45, 2.75) is 31.6 Å². The maximum absolute atomic E-state index is 10.5. The molecular weight excluding hydrogens is 338 g/mol. The van der Waals surface area contributed by atoms with Crippen molar-refractivity contribution in [3.8, 4) is 5.75 Å². The molecule has 2 fully saturated rings. The molecule has 4 atom stereocenters. The summed E-state index contributed by atoms with van der Waals surface area (Å²) in [4.78, 5) is 2.47. The summed E-state index contributed by atoms with van der Waals surface area (Å²) in [5.41, 5.74) is 1.24. The fourth-order valence-corrected chi connectivity index (χ4v) is 4.45. The summed E-state index contributed by atoms with van der Waals surface area (Å²) >= 11 is 6.03. The molecule has 0 spiro atoms. The van der Waals surface area contributed by atoms with Crippen molar-refractivity contribution < 1.29 is 9.84 Å². The number of benzene rings is 1. The number of aromatic nitrogens is 2. The first-order chi connectivity index (χ1) is 12.1. The summed E-state index contributed by atoms with van der Waals surface area (Å²) in [5, 5.41) is 15.4. The maximum atomic E-state index is 10.5. The number of halogens is 1. The van der Waals surface area contributed by atoms with Gasteiger partial charge in [0.1, 0.15) is 11.9 Å². The van der Waals surface area contributed by atoms with Gasteiger partial charge < -0.3 is 9.84 Å². The van der Waals surface area contributed by atoms with Crippen molar-refractivity contribution in [2.75, 3.05) is 13.1 Å². The molecule has 6 heteroatoms. The third-order valence-corrected chi connectivity index (χ3v) is 5.64. The Kier molecular flexibility index (Phi) is 4.71. The number of aryl methyl sites for hydroxylation is 1. The molecule has 0 radical (unpaired) electrons. The molecule has 25 heavy (non-hydrogen) atoms. The van der Waals surface area contributed by atoms with E-state index in [1.54, 1.807) is 0 Å². The van der Waals surface area contributed by atoms with Crippen LogP contribution < -0.4 is 4.74 Å². The van der Waals surface area contributed by atoms with Crippen molar-refractivity contribution in [3.05, 3.63) is 47.2 Å². The second kappa shape index (κ2) is 6.98. The highest BCUT2D eigenvalue weighted by Gasteiger charge is 2.42. The Labute approximate surface area is 153 Å². The first-order valence-corrected chi connectivity index (χ1v) is 9.25. The van der Waals surface area contributed by atoms with Crippen LogP contribution in [0.2, 0.25) is 5.02 Å². The second-order valence-electron chi connectivity index (χ2n) is 7.39. The van der Waals surface area contributed by atoms with Gasteiger partial charge in [0, 0.05) is 43.5 Å². The van der Waals surface area contributed by atoms with Crippen LogP contribution in [-0.2, 0) is 13.6 Å². The van der Waals surface area contributed by atoms with Crippen LogP contribution in [0.1, 0.15) is 18.4 Å². The smallest absolute Gasteiger partial charge is 0.125 e. The van der Waals surface area contributed by atoms with E-state index >= 15 is 0 Å². The standard InChI is InChI=1S/C19H24ClN3O2/c1-22-9-13(8-21-22)10-23-11-14-5-18(24)19(6-15(14)12-23)25-17-4-2-3-16(20)7-17/h2-4,7-9,14-15,18-19,24H,5-6,10-12H2,1H3/t14-,15+,18+,19+/m0/s1. The minimum atomic E-state index is -0.418. The molecule has 2 aromatic rings. The van der Waals surface area contributed by atoms with Crippen LogP contribution in [-0.4, -0.2) is 45.1 Å². The number of rotatable bonds is 4. The predicted octanol–water partition coefficient (Wildman–Crippen LogP) is 2.72. The van der Waals surface area contributed by atoms with Gasteiger partial charge in [0.2, 0.25) is 0 Å². The van der Waals surface area contributed by atoms with Crippen molar-refractivity contribution in [2.24, 2.45) is 18.9 Å². The van der Waals surface area contributed by atoms with Gasteiger partial charge in [0.25, 0.3) is 0 Å². The first-order valence-electron chi connectivity index (χ1n) is 8.87. The molecule has 1 aromatic heterocycles. The maximum Gasteiger partial charge on any atom is 0.125 e. The van der Waals surface area contributed by atoms with E-state index in [9.17, 15) is 5.11 Å². The Hall–Kier alpha value is -1.56. The van der Waals surface area contributed by atoms with Crippen molar-refractivity contribution in [1.82, 2.24) is 14.7 Å². The van der Waals surface area contributed by atoms with Crippen molar-refractivity contribution in [3.63, 3.8) is 0 Å². The Bertz CT molecular complexity index is 735. The van der Waals surface area contributed by atoms with Crippen LogP contribution in [0.25, 0.3) is 0 Å². The molecule has 0 amide bonds. The first kappa shape index (κ1) is 16.9. The third-order valence-electron chi connectivity index (χ3n) is 5.41. The van der Waals surface area contributed by atoms with Crippen molar-refractivity contribution >= 4 is 11.6 Å². The molecule has 1 aliphatic carbocycles. The predicted molar refractivity (Wildman–Crippen MR) is 96.6 cm³/mol. The van der Waals surface area contributed by atoms with Gasteiger partial charge in [0.15, 0.2) is 0 Å². The minimum Gasteiger partial charge on any atom is -0.488 e. The Morgan fingerprint density at radius 1 is 1.28 bits per heavy atom. The monoisotopic (exact) mass is 361 g/mol. The van der Waals surface area contributed by atoms with Gasteiger partial charge in [-0.15, -0.1) is 0 Å². The summed E-state index contributed by atoms with van der Waals surface area (Å²) in [5.74, 6) is 1.86. The fraction of sp³-hybridized carbons (Fsp3) is 0.526. The summed E-state index contributed by atoms with van der Waals surface area (Å²) in [7, 11) is 1.95. The highest BCUT2D eigenvalue weighted by atomic mass is 35.5. The van der Waals surface area contributed by atoms with Gasteiger partial charge in [-0.25, -0.2) is 0 Å². The number of likely N-dealkylation sites (tertiary alicyclic amines) is 1. The number of fused-ring (bicyclic) bond motifs is 1. The van der Waals surface area contributed by atoms with E-state index in [4.69, 9.17) is 16.3 Å². The largest absolute Gasteiger partial charge is 0.488 e. The number of nitrogens with zero attached hydrogens (tertiary/aromatic N) is 3. The van der Waals surface area contributed by atoms with E-state index in [0.29, 0.717) is 16.9 Å². The second-order valence-corrected chi connectivity index (χ2v) is 7.83. The topological polar surface area (TPSA) is 50.5 Å². The van der Waals surface area contributed by atoms with Crippen LogP contribution in [0.3, 0.4) is 0 Å². The van der Waals surface area contributed by atoms with E-state index in [-0.39, 0.29) is 6.10 Å². The lowest BCUT2D eigenvalue weighted by Gasteiger charge is -2.35. The molecule has 1 saturated heterocycles. The van der Waals surface area contributed by atoms with E-state index in [1.165, 1.54) is 5.56 Å². The Morgan fingerprint density at radius 2 is 2.08 bits per heavy atom. The van der Waals surface area contributed by atoms with Crippen LogP contribution in [0, 0.1) is 11.8 Å². The highest BCUT2D eigenvalue weighted by molar-refractivity contribution is 6.30. The van der Waals surface area contributed by atoms with Gasteiger partial charge in [0.05, 0.1) is 12.3 Å². The molecule has 0 bridgehead atoms. The molecule has 1 aliphatic heterocycles. The summed E-state index contributed by atoms with van der Waals surface area (Å²) < 4.78 is 7.89. The van der Waals surface area contributed by atoms with Crippen LogP contribution in [0.5, 0.6) is 5.75 Å². The average molecular weight is 362 g/mol. The molecule has 1 N–H and O–H groups in total.